The van der Waals surface area contributed by atoms with Gasteiger partial charge in [0.15, 0.2) is 16.6 Å². The maximum absolute atomic E-state index is 5.71. The molecular formula is C14H16N2O2S. The Morgan fingerprint density at radius 2 is 1.95 bits per heavy atom. The van der Waals surface area contributed by atoms with Crippen LogP contribution in [-0.2, 0) is 0 Å². The molecular weight excluding hydrogens is 260 g/mol. The van der Waals surface area contributed by atoms with E-state index < -0.39 is 0 Å². The second kappa shape index (κ2) is 5.09. The maximum atomic E-state index is 5.71. The second-order valence-electron chi connectivity index (χ2n) is 4.62. The van der Waals surface area contributed by atoms with Crippen LogP contribution in [-0.4, -0.2) is 32.3 Å². The zero-order valence-electron chi connectivity index (χ0n) is 11.0. The number of hydrogen-bond donors (Lipinski definition) is 0. The first-order valence-corrected chi connectivity index (χ1v) is 7.15. The predicted molar refractivity (Wildman–Crippen MR) is 77.5 cm³/mol. The predicted octanol–water partition coefficient (Wildman–Crippen LogP) is 3.04. The molecule has 0 bridgehead atoms. The van der Waals surface area contributed by atoms with Crippen LogP contribution in [0.15, 0.2) is 23.6 Å². The lowest BCUT2D eigenvalue weighted by atomic mass is 10.1. The number of benzene rings is 1. The first-order valence-electron chi connectivity index (χ1n) is 6.27. The summed E-state index contributed by atoms with van der Waals surface area (Å²) in [5.74, 6) is 1.64. The van der Waals surface area contributed by atoms with Crippen molar-refractivity contribution in [1.29, 1.82) is 0 Å². The lowest BCUT2D eigenvalue weighted by molar-refractivity contribution is 0.297. The van der Waals surface area contributed by atoms with E-state index in [1.165, 1.54) is 0 Å². The van der Waals surface area contributed by atoms with Gasteiger partial charge in [-0.25, -0.2) is 4.98 Å². The maximum Gasteiger partial charge on any atom is 0.185 e. The summed E-state index contributed by atoms with van der Waals surface area (Å²) >= 11 is 1.64. The standard InChI is InChI=1S/C14H16N2O2S/c1-16(2)14-15-11(9-19-14)10-4-5-12-13(8-10)18-7-3-6-17-12/h4-5,8-9H,3,6-7H2,1-2H3. The van der Waals surface area contributed by atoms with Gasteiger partial charge >= 0.3 is 0 Å². The number of aromatic nitrogens is 1. The summed E-state index contributed by atoms with van der Waals surface area (Å²) in [7, 11) is 3.99. The highest BCUT2D eigenvalue weighted by Crippen LogP contribution is 2.35. The molecule has 1 aliphatic heterocycles. The molecule has 0 saturated carbocycles. The highest BCUT2D eigenvalue weighted by molar-refractivity contribution is 7.14. The van der Waals surface area contributed by atoms with Crippen LogP contribution in [0, 0.1) is 0 Å². The van der Waals surface area contributed by atoms with Crippen molar-refractivity contribution in [2.75, 3.05) is 32.2 Å². The van der Waals surface area contributed by atoms with Gasteiger partial charge in [0.05, 0.1) is 18.9 Å². The van der Waals surface area contributed by atoms with Gasteiger partial charge in [0.25, 0.3) is 0 Å². The minimum atomic E-state index is 0.705. The fourth-order valence-electron chi connectivity index (χ4n) is 1.92. The summed E-state index contributed by atoms with van der Waals surface area (Å²) in [4.78, 5) is 6.61. The molecule has 0 amide bonds. The van der Waals surface area contributed by atoms with E-state index in [4.69, 9.17) is 9.47 Å². The van der Waals surface area contributed by atoms with Gasteiger partial charge in [-0.3, -0.25) is 0 Å². The molecule has 0 spiro atoms. The molecule has 3 rings (SSSR count). The molecule has 100 valence electrons. The third kappa shape index (κ3) is 2.51. The van der Waals surface area contributed by atoms with E-state index in [1.54, 1.807) is 11.3 Å². The van der Waals surface area contributed by atoms with Crippen LogP contribution in [0.4, 0.5) is 5.13 Å². The summed E-state index contributed by atoms with van der Waals surface area (Å²) in [6, 6.07) is 6.00. The van der Waals surface area contributed by atoms with E-state index in [1.807, 2.05) is 37.2 Å². The largest absolute Gasteiger partial charge is 0.490 e. The Morgan fingerprint density at radius 1 is 1.16 bits per heavy atom. The monoisotopic (exact) mass is 276 g/mol. The molecule has 0 atom stereocenters. The molecule has 0 fully saturated rings. The molecule has 0 N–H and O–H groups in total. The van der Waals surface area contributed by atoms with Gasteiger partial charge in [-0.2, -0.15) is 0 Å². The zero-order valence-corrected chi connectivity index (χ0v) is 11.9. The molecule has 0 radical (unpaired) electrons. The lowest BCUT2D eigenvalue weighted by Crippen LogP contribution is -2.07. The number of rotatable bonds is 2. The number of nitrogens with zero attached hydrogens (tertiary/aromatic N) is 2. The van der Waals surface area contributed by atoms with E-state index >= 15 is 0 Å². The van der Waals surface area contributed by atoms with Crippen LogP contribution >= 0.6 is 11.3 Å². The Labute approximate surface area is 116 Å². The Balaban J connectivity index is 1.94. The quantitative estimate of drug-likeness (QED) is 0.844. The van der Waals surface area contributed by atoms with Crippen molar-refractivity contribution in [2.45, 2.75) is 6.42 Å². The fourth-order valence-corrected chi connectivity index (χ4v) is 2.69. The Morgan fingerprint density at radius 3 is 2.68 bits per heavy atom. The van der Waals surface area contributed by atoms with Crippen LogP contribution in [0.1, 0.15) is 6.42 Å². The van der Waals surface area contributed by atoms with E-state index in [9.17, 15) is 0 Å². The number of fused-ring (bicyclic) bond motifs is 1. The molecule has 2 heterocycles. The summed E-state index contributed by atoms with van der Waals surface area (Å²) in [5, 5.41) is 3.07. The first-order chi connectivity index (χ1) is 9.24. The van der Waals surface area contributed by atoms with Gasteiger partial charge in [0.2, 0.25) is 0 Å². The molecule has 0 saturated heterocycles. The Bertz CT molecular complexity index is 581. The van der Waals surface area contributed by atoms with E-state index in [0.29, 0.717) is 13.2 Å². The van der Waals surface area contributed by atoms with Crippen LogP contribution < -0.4 is 14.4 Å². The van der Waals surface area contributed by atoms with Crippen LogP contribution in [0.5, 0.6) is 11.5 Å². The number of thiazole rings is 1. The zero-order chi connectivity index (χ0) is 13.2. The second-order valence-corrected chi connectivity index (χ2v) is 5.46. The average molecular weight is 276 g/mol. The van der Waals surface area contributed by atoms with Gasteiger partial charge in [0, 0.05) is 31.5 Å². The molecule has 19 heavy (non-hydrogen) atoms. The number of ether oxygens (including phenoxy) is 2. The Hall–Kier alpha value is -1.75. The smallest absolute Gasteiger partial charge is 0.185 e. The van der Waals surface area contributed by atoms with Crippen LogP contribution in [0.25, 0.3) is 11.3 Å². The third-order valence-corrected chi connectivity index (χ3v) is 3.93. The molecule has 0 unspecified atom stereocenters. The van der Waals surface area contributed by atoms with Gasteiger partial charge in [-0.15, -0.1) is 11.3 Å². The molecule has 1 aliphatic rings. The lowest BCUT2D eigenvalue weighted by Gasteiger charge is -2.08. The van der Waals surface area contributed by atoms with Crippen molar-refractivity contribution in [1.82, 2.24) is 4.98 Å². The van der Waals surface area contributed by atoms with Crippen molar-refractivity contribution in [3.05, 3.63) is 23.6 Å². The van der Waals surface area contributed by atoms with Crippen molar-refractivity contribution < 1.29 is 9.47 Å². The topological polar surface area (TPSA) is 34.6 Å². The van der Waals surface area contributed by atoms with Crippen molar-refractivity contribution in [2.24, 2.45) is 0 Å². The molecule has 1 aromatic heterocycles. The minimum Gasteiger partial charge on any atom is -0.490 e. The Kier molecular flexibility index (Phi) is 3.29. The average Bonchev–Trinajstić information content (AvgIpc) is 2.78. The SMILES string of the molecule is CN(C)c1nc(-c2ccc3c(c2)OCCCO3)cs1. The highest BCUT2D eigenvalue weighted by atomic mass is 32.1. The van der Waals surface area contributed by atoms with Crippen molar-refractivity contribution >= 4 is 16.5 Å². The number of anilines is 1. The molecule has 2 aromatic rings. The van der Waals surface area contributed by atoms with E-state index in [2.05, 4.69) is 10.4 Å². The third-order valence-electron chi connectivity index (χ3n) is 2.92. The molecule has 5 heteroatoms. The first kappa shape index (κ1) is 12.3. The van der Waals surface area contributed by atoms with Gasteiger partial charge in [-0.1, -0.05) is 0 Å². The van der Waals surface area contributed by atoms with Gasteiger partial charge in [-0.05, 0) is 18.2 Å². The minimum absolute atomic E-state index is 0.705. The molecule has 1 aromatic carbocycles. The normalized spacial score (nSPS) is 14.0. The fraction of sp³-hybridized carbons (Fsp3) is 0.357. The van der Waals surface area contributed by atoms with Gasteiger partial charge in [0.1, 0.15) is 0 Å². The molecule has 0 aliphatic carbocycles. The van der Waals surface area contributed by atoms with E-state index in [-0.39, 0.29) is 0 Å². The summed E-state index contributed by atoms with van der Waals surface area (Å²) in [5.41, 5.74) is 2.04. The highest BCUT2D eigenvalue weighted by Gasteiger charge is 2.13. The van der Waals surface area contributed by atoms with Crippen LogP contribution in [0.3, 0.4) is 0 Å². The summed E-state index contributed by atoms with van der Waals surface area (Å²) in [6.07, 6.45) is 0.922. The van der Waals surface area contributed by atoms with E-state index in [0.717, 1.165) is 34.3 Å². The van der Waals surface area contributed by atoms with Crippen LogP contribution in [0.2, 0.25) is 0 Å². The summed E-state index contributed by atoms with van der Waals surface area (Å²) in [6.45, 7) is 1.42. The van der Waals surface area contributed by atoms with Crippen molar-refractivity contribution in [3.63, 3.8) is 0 Å². The number of hydrogen-bond acceptors (Lipinski definition) is 5. The van der Waals surface area contributed by atoms with Gasteiger partial charge < -0.3 is 14.4 Å². The summed E-state index contributed by atoms with van der Waals surface area (Å²) < 4.78 is 11.3. The van der Waals surface area contributed by atoms with Crippen molar-refractivity contribution in [3.8, 4) is 22.8 Å². The molecule has 4 nitrogen and oxygen atoms in total.